The monoisotopic (exact) mass is 242 g/mol. The van der Waals surface area contributed by atoms with Crippen LogP contribution >= 0.6 is 0 Å². The van der Waals surface area contributed by atoms with Gasteiger partial charge >= 0.3 is 0 Å². The van der Waals surface area contributed by atoms with Gasteiger partial charge in [-0.25, -0.2) is 4.98 Å². The minimum Gasteiger partial charge on any atom is -0.444 e. The fourth-order valence-electron chi connectivity index (χ4n) is 1.63. The van der Waals surface area contributed by atoms with Gasteiger partial charge in [-0.05, 0) is 32.0 Å². The van der Waals surface area contributed by atoms with E-state index in [-0.39, 0.29) is 6.04 Å². The van der Waals surface area contributed by atoms with Gasteiger partial charge in [0, 0.05) is 0 Å². The molecule has 0 fully saturated rings. The van der Waals surface area contributed by atoms with Gasteiger partial charge in [0.1, 0.15) is 11.8 Å². The standard InChI is InChI=1S/C13H14N4O/c1-8-7-16-13(18-8)9(2)17-12-4-3-10(6-14)5-11(12)15/h3-5,7,9,17H,15H2,1-2H3. The van der Waals surface area contributed by atoms with Crippen molar-refractivity contribution in [3.8, 4) is 6.07 Å². The molecule has 0 aliphatic carbocycles. The van der Waals surface area contributed by atoms with Crippen LogP contribution in [-0.4, -0.2) is 4.98 Å². The van der Waals surface area contributed by atoms with Gasteiger partial charge in [0.25, 0.3) is 0 Å². The van der Waals surface area contributed by atoms with E-state index in [0.717, 1.165) is 11.4 Å². The van der Waals surface area contributed by atoms with Gasteiger partial charge in [0.15, 0.2) is 0 Å². The lowest BCUT2D eigenvalue weighted by Crippen LogP contribution is -2.08. The number of anilines is 2. The van der Waals surface area contributed by atoms with Crippen molar-refractivity contribution in [2.75, 3.05) is 11.1 Å². The van der Waals surface area contributed by atoms with E-state index < -0.39 is 0 Å². The van der Waals surface area contributed by atoms with Crippen molar-refractivity contribution < 1.29 is 4.42 Å². The summed E-state index contributed by atoms with van der Waals surface area (Å²) < 4.78 is 5.44. The van der Waals surface area contributed by atoms with Crippen LogP contribution in [0.25, 0.3) is 0 Å². The summed E-state index contributed by atoms with van der Waals surface area (Å²) in [7, 11) is 0. The number of benzene rings is 1. The number of nitrogens with two attached hydrogens (primary N) is 1. The van der Waals surface area contributed by atoms with E-state index in [1.165, 1.54) is 0 Å². The van der Waals surface area contributed by atoms with E-state index in [9.17, 15) is 0 Å². The number of hydrogen-bond acceptors (Lipinski definition) is 5. The van der Waals surface area contributed by atoms with Gasteiger partial charge in [-0.2, -0.15) is 5.26 Å². The minimum absolute atomic E-state index is 0.0889. The number of nitriles is 1. The van der Waals surface area contributed by atoms with Crippen LogP contribution in [0, 0.1) is 18.3 Å². The summed E-state index contributed by atoms with van der Waals surface area (Å²) >= 11 is 0. The summed E-state index contributed by atoms with van der Waals surface area (Å²) in [5.74, 6) is 1.38. The molecule has 0 aliphatic rings. The molecule has 0 bridgehead atoms. The van der Waals surface area contributed by atoms with Crippen LogP contribution in [0.2, 0.25) is 0 Å². The SMILES string of the molecule is Cc1cnc(C(C)Nc2ccc(C#N)cc2N)o1. The second-order valence-corrected chi connectivity index (χ2v) is 4.09. The summed E-state index contributed by atoms with van der Waals surface area (Å²) in [6.07, 6.45) is 1.68. The lowest BCUT2D eigenvalue weighted by Gasteiger charge is -2.13. The first kappa shape index (κ1) is 12.0. The largest absolute Gasteiger partial charge is 0.444 e. The molecule has 3 N–H and O–H groups in total. The molecule has 18 heavy (non-hydrogen) atoms. The number of nitrogen functional groups attached to an aromatic ring is 1. The summed E-state index contributed by atoms with van der Waals surface area (Å²) in [6.45, 7) is 3.78. The molecule has 0 saturated heterocycles. The van der Waals surface area contributed by atoms with Gasteiger partial charge in [-0.1, -0.05) is 0 Å². The zero-order chi connectivity index (χ0) is 13.1. The van der Waals surface area contributed by atoms with Crippen LogP contribution in [0.5, 0.6) is 0 Å². The first-order valence-electron chi connectivity index (χ1n) is 5.58. The Morgan fingerprint density at radius 3 is 2.83 bits per heavy atom. The van der Waals surface area contributed by atoms with Crippen molar-refractivity contribution in [3.05, 3.63) is 41.6 Å². The Labute approximate surface area is 105 Å². The van der Waals surface area contributed by atoms with Gasteiger partial charge in [0.2, 0.25) is 5.89 Å². The van der Waals surface area contributed by atoms with E-state index in [2.05, 4.69) is 10.3 Å². The molecule has 1 heterocycles. The predicted octanol–water partition coefficient (Wildman–Crippen LogP) is 2.61. The Morgan fingerprint density at radius 1 is 1.50 bits per heavy atom. The van der Waals surface area contributed by atoms with Gasteiger partial charge in [0.05, 0.1) is 29.2 Å². The molecule has 1 aromatic carbocycles. The molecule has 1 aromatic heterocycles. The molecule has 5 heteroatoms. The maximum atomic E-state index is 8.76. The second kappa shape index (κ2) is 4.80. The van der Waals surface area contributed by atoms with Crippen molar-refractivity contribution >= 4 is 11.4 Å². The van der Waals surface area contributed by atoms with Crippen molar-refractivity contribution in [3.63, 3.8) is 0 Å². The molecular weight excluding hydrogens is 228 g/mol. The highest BCUT2D eigenvalue weighted by molar-refractivity contribution is 5.68. The van der Waals surface area contributed by atoms with E-state index >= 15 is 0 Å². The number of oxazole rings is 1. The normalized spacial score (nSPS) is 11.8. The highest BCUT2D eigenvalue weighted by Gasteiger charge is 2.12. The molecule has 0 saturated carbocycles. The lowest BCUT2D eigenvalue weighted by atomic mass is 10.1. The first-order valence-corrected chi connectivity index (χ1v) is 5.58. The molecule has 2 aromatic rings. The molecule has 1 unspecified atom stereocenters. The summed E-state index contributed by atoms with van der Waals surface area (Å²) in [6, 6.07) is 7.08. The molecule has 0 radical (unpaired) electrons. The Kier molecular flexibility index (Phi) is 3.20. The third-order valence-electron chi connectivity index (χ3n) is 2.56. The number of aryl methyl sites for hydroxylation is 1. The van der Waals surface area contributed by atoms with Gasteiger partial charge in [-0.3, -0.25) is 0 Å². The molecular formula is C13H14N4O. The van der Waals surface area contributed by atoms with Gasteiger partial charge in [-0.15, -0.1) is 0 Å². The number of aromatic nitrogens is 1. The van der Waals surface area contributed by atoms with Crippen molar-refractivity contribution in [2.24, 2.45) is 0 Å². The van der Waals surface area contributed by atoms with Crippen LogP contribution < -0.4 is 11.1 Å². The molecule has 0 spiro atoms. The van der Waals surface area contributed by atoms with Crippen LogP contribution in [0.3, 0.4) is 0 Å². The summed E-state index contributed by atoms with van der Waals surface area (Å²) in [5.41, 5.74) is 7.70. The fraction of sp³-hybridized carbons (Fsp3) is 0.231. The van der Waals surface area contributed by atoms with Crippen LogP contribution in [0.1, 0.15) is 30.2 Å². The Balaban J connectivity index is 2.17. The molecule has 0 amide bonds. The van der Waals surface area contributed by atoms with E-state index in [0.29, 0.717) is 17.1 Å². The predicted molar refractivity (Wildman–Crippen MR) is 68.8 cm³/mol. The maximum absolute atomic E-state index is 8.76. The molecule has 5 nitrogen and oxygen atoms in total. The van der Waals surface area contributed by atoms with E-state index in [1.807, 2.05) is 19.9 Å². The summed E-state index contributed by atoms with van der Waals surface area (Å²) in [5, 5.41) is 12.0. The molecule has 0 aliphatic heterocycles. The average molecular weight is 242 g/mol. The number of hydrogen-bond donors (Lipinski definition) is 2. The average Bonchev–Trinajstić information content (AvgIpc) is 2.78. The quantitative estimate of drug-likeness (QED) is 0.808. The molecule has 1 atom stereocenters. The Hall–Kier alpha value is -2.48. The highest BCUT2D eigenvalue weighted by Crippen LogP contribution is 2.24. The second-order valence-electron chi connectivity index (χ2n) is 4.09. The Bertz CT molecular complexity index is 597. The fourth-order valence-corrected chi connectivity index (χ4v) is 1.63. The molecule has 2 rings (SSSR count). The molecule has 92 valence electrons. The van der Waals surface area contributed by atoms with Crippen molar-refractivity contribution in [1.29, 1.82) is 5.26 Å². The third kappa shape index (κ3) is 2.43. The topological polar surface area (TPSA) is 87.9 Å². The zero-order valence-corrected chi connectivity index (χ0v) is 10.3. The number of rotatable bonds is 3. The van der Waals surface area contributed by atoms with Gasteiger partial charge < -0.3 is 15.5 Å². The minimum atomic E-state index is -0.0889. The van der Waals surface area contributed by atoms with Crippen LogP contribution in [0.15, 0.2) is 28.8 Å². The number of nitrogens with one attached hydrogen (secondary N) is 1. The maximum Gasteiger partial charge on any atom is 0.216 e. The smallest absolute Gasteiger partial charge is 0.216 e. The van der Waals surface area contributed by atoms with Crippen molar-refractivity contribution in [2.45, 2.75) is 19.9 Å². The van der Waals surface area contributed by atoms with Crippen molar-refractivity contribution in [1.82, 2.24) is 4.98 Å². The zero-order valence-electron chi connectivity index (χ0n) is 10.3. The Morgan fingerprint density at radius 2 is 2.28 bits per heavy atom. The summed E-state index contributed by atoms with van der Waals surface area (Å²) in [4.78, 5) is 4.15. The van der Waals surface area contributed by atoms with Crippen LogP contribution in [-0.2, 0) is 0 Å². The highest BCUT2D eigenvalue weighted by atomic mass is 16.4. The number of nitrogens with zero attached hydrogens (tertiary/aromatic N) is 2. The lowest BCUT2D eigenvalue weighted by molar-refractivity contribution is 0.454. The van der Waals surface area contributed by atoms with E-state index in [1.54, 1.807) is 24.4 Å². The van der Waals surface area contributed by atoms with Crippen LogP contribution in [0.4, 0.5) is 11.4 Å². The first-order chi connectivity index (χ1) is 8.60. The van der Waals surface area contributed by atoms with E-state index in [4.69, 9.17) is 15.4 Å². The third-order valence-corrected chi connectivity index (χ3v) is 2.56.